The normalized spacial score (nSPS) is 10.1. The Bertz CT molecular complexity index is 954. The van der Waals surface area contributed by atoms with E-state index in [-0.39, 0.29) is 11.8 Å². The summed E-state index contributed by atoms with van der Waals surface area (Å²) < 4.78 is 5.08. The predicted molar refractivity (Wildman–Crippen MR) is 107 cm³/mol. The van der Waals surface area contributed by atoms with Crippen molar-refractivity contribution in [2.45, 2.75) is 0 Å². The van der Waals surface area contributed by atoms with E-state index in [1.807, 2.05) is 0 Å². The fourth-order valence-corrected chi connectivity index (χ4v) is 2.65. The van der Waals surface area contributed by atoms with Crippen LogP contribution in [0.2, 0.25) is 5.02 Å². The second-order valence-corrected chi connectivity index (χ2v) is 6.10. The van der Waals surface area contributed by atoms with E-state index in [9.17, 15) is 9.59 Å². The molecule has 2 N–H and O–H groups in total. The lowest BCUT2D eigenvalue weighted by molar-refractivity contribution is 0.101. The molecule has 0 heterocycles. The molecule has 5 nitrogen and oxygen atoms in total. The van der Waals surface area contributed by atoms with Crippen molar-refractivity contribution >= 4 is 34.8 Å². The van der Waals surface area contributed by atoms with Crippen molar-refractivity contribution in [2.24, 2.45) is 0 Å². The van der Waals surface area contributed by atoms with Gasteiger partial charge in [0.2, 0.25) is 0 Å². The third-order valence-electron chi connectivity index (χ3n) is 3.87. The summed E-state index contributed by atoms with van der Waals surface area (Å²) in [5.41, 5.74) is 2.14. The second kappa shape index (κ2) is 8.38. The molecule has 3 rings (SSSR count). The van der Waals surface area contributed by atoms with Gasteiger partial charge in [0, 0.05) is 16.9 Å². The molecule has 0 atom stereocenters. The van der Waals surface area contributed by atoms with E-state index in [0.29, 0.717) is 33.3 Å². The summed E-state index contributed by atoms with van der Waals surface area (Å²) in [5, 5.41) is 5.96. The first kappa shape index (κ1) is 18.5. The molecule has 136 valence electrons. The summed E-state index contributed by atoms with van der Waals surface area (Å²) in [6.07, 6.45) is 0. The van der Waals surface area contributed by atoms with Crippen molar-refractivity contribution in [1.82, 2.24) is 0 Å². The monoisotopic (exact) mass is 380 g/mol. The fourth-order valence-electron chi connectivity index (χ4n) is 2.43. The van der Waals surface area contributed by atoms with Crippen molar-refractivity contribution < 1.29 is 14.3 Å². The average molecular weight is 381 g/mol. The number of hydrogen-bond donors (Lipinski definition) is 2. The fraction of sp³-hybridized carbons (Fsp3) is 0.0476. The van der Waals surface area contributed by atoms with E-state index in [1.165, 1.54) is 0 Å². The van der Waals surface area contributed by atoms with Crippen LogP contribution in [0.25, 0.3) is 0 Å². The van der Waals surface area contributed by atoms with Gasteiger partial charge in [-0.3, -0.25) is 9.59 Å². The van der Waals surface area contributed by atoms with Gasteiger partial charge in [-0.15, -0.1) is 0 Å². The third-order valence-corrected chi connectivity index (χ3v) is 4.20. The Morgan fingerprint density at radius 1 is 0.778 bits per heavy atom. The molecule has 0 saturated heterocycles. The number of rotatable bonds is 5. The van der Waals surface area contributed by atoms with Gasteiger partial charge in [0.15, 0.2) is 0 Å². The maximum Gasteiger partial charge on any atom is 0.257 e. The first-order chi connectivity index (χ1) is 13.1. The minimum atomic E-state index is -0.296. The summed E-state index contributed by atoms with van der Waals surface area (Å²) in [4.78, 5) is 24.5. The van der Waals surface area contributed by atoms with E-state index >= 15 is 0 Å². The Hall–Kier alpha value is -3.31. The maximum atomic E-state index is 12.3. The summed E-state index contributed by atoms with van der Waals surface area (Å²) in [6.45, 7) is 0. The zero-order valence-electron chi connectivity index (χ0n) is 14.5. The summed E-state index contributed by atoms with van der Waals surface area (Å²) >= 11 is 6.03. The molecule has 0 bridgehead atoms. The molecule has 0 unspecified atom stereocenters. The minimum Gasteiger partial charge on any atom is -0.497 e. The third kappa shape index (κ3) is 4.65. The molecule has 0 aliphatic rings. The van der Waals surface area contributed by atoms with Crippen molar-refractivity contribution in [3.8, 4) is 5.75 Å². The standard InChI is InChI=1S/C21H17ClN2O3/c1-27-17-12-6-14(7-13-17)20(25)23-15-8-10-16(11-9-15)24-21(26)18-4-2-3-5-19(18)22/h2-13H,1H3,(H,23,25)(H,24,26). The highest BCUT2D eigenvalue weighted by molar-refractivity contribution is 6.34. The van der Waals surface area contributed by atoms with Crippen LogP contribution in [0.1, 0.15) is 20.7 Å². The molecular formula is C21H17ClN2O3. The highest BCUT2D eigenvalue weighted by Crippen LogP contribution is 2.19. The van der Waals surface area contributed by atoms with Gasteiger partial charge >= 0.3 is 0 Å². The number of nitrogens with one attached hydrogen (secondary N) is 2. The molecule has 2 amide bonds. The van der Waals surface area contributed by atoms with Crippen molar-refractivity contribution in [2.75, 3.05) is 17.7 Å². The van der Waals surface area contributed by atoms with Crippen LogP contribution < -0.4 is 15.4 Å². The van der Waals surface area contributed by atoms with E-state index in [1.54, 1.807) is 79.9 Å². The molecule has 6 heteroatoms. The quantitative estimate of drug-likeness (QED) is 0.664. The van der Waals surface area contributed by atoms with Gasteiger partial charge in [0.1, 0.15) is 5.75 Å². The lowest BCUT2D eigenvalue weighted by atomic mass is 10.2. The number of anilines is 2. The van der Waals surface area contributed by atoms with Gasteiger partial charge in [0.25, 0.3) is 11.8 Å². The Morgan fingerprint density at radius 3 is 1.89 bits per heavy atom. The highest BCUT2D eigenvalue weighted by atomic mass is 35.5. The average Bonchev–Trinajstić information content (AvgIpc) is 2.69. The molecule has 0 radical (unpaired) electrons. The van der Waals surface area contributed by atoms with Crippen molar-refractivity contribution in [3.05, 3.63) is 88.9 Å². The molecule has 0 aliphatic heterocycles. The van der Waals surface area contributed by atoms with Crippen LogP contribution in [0.15, 0.2) is 72.8 Å². The van der Waals surface area contributed by atoms with Crippen LogP contribution in [0, 0.1) is 0 Å². The number of amides is 2. The molecule has 0 fully saturated rings. The molecular weight excluding hydrogens is 364 g/mol. The maximum absolute atomic E-state index is 12.3. The van der Waals surface area contributed by atoms with Gasteiger partial charge < -0.3 is 15.4 Å². The smallest absolute Gasteiger partial charge is 0.257 e. The number of halogens is 1. The molecule has 0 spiro atoms. The minimum absolute atomic E-state index is 0.231. The molecule has 0 aromatic heterocycles. The van der Waals surface area contributed by atoms with Crippen molar-refractivity contribution in [1.29, 1.82) is 0 Å². The van der Waals surface area contributed by atoms with E-state index in [2.05, 4.69) is 10.6 Å². The molecule has 0 aliphatic carbocycles. The summed E-state index contributed by atoms with van der Waals surface area (Å²) in [7, 11) is 1.57. The highest BCUT2D eigenvalue weighted by Gasteiger charge is 2.10. The van der Waals surface area contributed by atoms with Gasteiger partial charge in [-0.25, -0.2) is 0 Å². The summed E-state index contributed by atoms with van der Waals surface area (Å²) in [6, 6.07) is 20.5. The van der Waals surface area contributed by atoms with E-state index < -0.39 is 0 Å². The largest absolute Gasteiger partial charge is 0.497 e. The summed E-state index contributed by atoms with van der Waals surface area (Å²) in [5.74, 6) is 0.159. The Morgan fingerprint density at radius 2 is 1.33 bits per heavy atom. The molecule has 27 heavy (non-hydrogen) atoms. The second-order valence-electron chi connectivity index (χ2n) is 5.69. The SMILES string of the molecule is COc1ccc(C(=O)Nc2ccc(NC(=O)c3ccccc3Cl)cc2)cc1. The number of carbonyl (C=O) groups is 2. The number of carbonyl (C=O) groups excluding carboxylic acids is 2. The number of hydrogen-bond acceptors (Lipinski definition) is 3. The van der Waals surface area contributed by atoms with E-state index in [4.69, 9.17) is 16.3 Å². The first-order valence-electron chi connectivity index (χ1n) is 8.18. The van der Waals surface area contributed by atoms with Gasteiger partial charge in [0.05, 0.1) is 17.7 Å². The van der Waals surface area contributed by atoms with Crippen molar-refractivity contribution in [3.63, 3.8) is 0 Å². The lowest BCUT2D eigenvalue weighted by Gasteiger charge is -2.09. The molecule has 3 aromatic rings. The van der Waals surface area contributed by atoms with Gasteiger partial charge in [-0.2, -0.15) is 0 Å². The van der Waals surface area contributed by atoms with Crippen LogP contribution in [0.4, 0.5) is 11.4 Å². The topological polar surface area (TPSA) is 67.4 Å². The van der Waals surface area contributed by atoms with Crippen LogP contribution in [-0.4, -0.2) is 18.9 Å². The van der Waals surface area contributed by atoms with Gasteiger partial charge in [-0.05, 0) is 60.7 Å². The number of benzene rings is 3. The zero-order valence-corrected chi connectivity index (χ0v) is 15.3. The lowest BCUT2D eigenvalue weighted by Crippen LogP contribution is -2.13. The molecule has 3 aromatic carbocycles. The number of methoxy groups -OCH3 is 1. The molecule has 0 saturated carbocycles. The Labute approximate surface area is 161 Å². The Balaban J connectivity index is 1.63. The predicted octanol–water partition coefficient (Wildman–Crippen LogP) is 4.85. The number of ether oxygens (including phenoxy) is 1. The van der Waals surface area contributed by atoms with Crippen LogP contribution >= 0.6 is 11.6 Å². The van der Waals surface area contributed by atoms with Crippen LogP contribution in [-0.2, 0) is 0 Å². The van der Waals surface area contributed by atoms with Gasteiger partial charge in [-0.1, -0.05) is 23.7 Å². The zero-order chi connectivity index (χ0) is 19.2. The first-order valence-corrected chi connectivity index (χ1v) is 8.56. The Kier molecular flexibility index (Phi) is 5.74. The van der Waals surface area contributed by atoms with Crippen LogP contribution in [0.5, 0.6) is 5.75 Å². The van der Waals surface area contributed by atoms with Crippen LogP contribution in [0.3, 0.4) is 0 Å². The van der Waals surface area contributed by atoms with E-state index in [0.717, 1.165) is 0 Å².